The summed E-state index contributed by atoms with van der Waals surface area (Å²) >= 11 is 0. The van der Waals surface area contributed by atoms with Crippen molar-refractivity contribution in [2.24, 2.45) is 0 Å². The van der Waals surface area contributed by atoms with Crippen molar-refractivity contribution in [1.82, 2.24) is 10.5 Å². The van der Waals surface area contributed by atoms with Gasteiger partial charge in [-0.05, 0) is 18.6 Å². The van der Waals surface area contributed by atoms with Gasteiger partial charge in [-0.1, -0.05) is 5.16 Å². The standard InChI is InChI=1S/C12H13N3O5/c16-8(9-2-1-6-19-9)3-5-13-11(17)12(18)14-10-4-7-20-15-10/h1-2,4,6-8,16H,3,5H2,(H,13,17)(H,14,15,18). The number of amides is 2. The molecule has 2 rings (SSSR count). The average molecular weight is 279 g/mol. The SMILES string of the molecule is O=C(NCCC(O)c1ccco1)C(=O)Nc1ccon1. The molecule has 0 bridgehead atoms. The zero-order valence-electron chi connectivity index (χ0n) is 10.4. The van der Waals surface area contributed by atoms with Crippen LogP contribution in [-0.2, 0) is 9.59 Å². The topological polar surface area (TPSA) is 118 Å². The molecule has 1 atom stereocenters. The minimum Gasteiger partial charge on any atom is -0.467 e. The van der Waals surface area contributed by atoms with Crippen molar-refractivity contribution in [2.75, 3.05) is 11.9 Å². The molecule has 0 spiro atoms. The first-order valence-electron chi connectivity index (χ1n) is 5.88. The Hall–Kier alpha value is -2.61. The fraction of sp³-hybridized carbons (Fsp3) is 0.250. The van der Waals surface area contributed by atoms with E-state index in [1.54, 1.807) is 12.1 Å². The minimum absolute atomic E-state index is 0.132. The van der Waals surface area contributed by atoms with Gasteiger partial charge in [0.1, 0.15) is 18.1 Å². The van der Waals surface area contributed by atoms with Gasteiger partial charge in [0.05, 0.1) is 6.26 Å². The molecule has 2 aromatic heterocycles. The zero-order chi connectivity index (χ0) is 14.4. The number of carbonyl (C=O) groups is 2. The van der Waals surface area contributed by atoms with Gasteiger partial charge in [0.2, 0.25) is 0 Å². The first-order chi connectivity index (χ1) is 9.66. The van der Waals surface area contributed by atoms with Crippen LogP contribution in [0.15, 0.2) is 39.7 Å². The monoisotopic (exact) mass is 279 g/mol. The molecular formula is C12H13N3O5. The van der Waals surface area contributed by atoms with E-state index in [2.05, 4.69) is 20.3 Å². The number of carbonyl (C=O) groups excluding carboxylic acids is 2. The van der Waals surface area contributed by atoms with E-state index in [9.17, 15) is 14.7 Å². The van der Waals surface area contributed by atoms with E-state index in [-0.39, 0.29) is 18.8 Å². The molecule has 2 aromatic rings. The molecular weight excluding hydrogens is 266 g/mol. The lowest BCUT2D eigenvalue weighted by Gasteiger charge is -2.08. The summed E-state index contributed by atoms with van der Waals surface area (Å²) in [5, 5.41) is 17.8. The van der Waals surface area contributed by atoms with Crippen molar-refractivity contribution in [3.05, 3.63) is 36.5 Å². The Balaban J connectivity index is 1.71. The summed E-state index contributed by atoms with van der Waals surface area (Å²) in [6.45, 7) is 0.132. The molecule has 3 N–H and O–H groups in total. The predicted molar refractivity (Wildman–Crippen MR) is 66.4 cm³/mol. The molecule has 106 valence electrons. The number of nitrogens with zero attached hydrogens (tertiary/aromatic N) is 1. The predicted octanol–water partition coefficient (Wildman–Crippen LogP) is 0.446. The van der Waals surface area contributed by atoms with Crippen LogP contribution in [0.4, 0.5) is 5.82 Å². The third-order valence-electron chi connectivity index (χ3n) is 2.46. The van der Waals surface area contributed by atoms with Crippen molar-refractivity contribution < 1.29 is 23.6 Å². The molecule has 0 aromatic carbocycles. The molecule has 1 unspecified atom stereocenters. The van der Waals surface area contributed by atoms with Crippen molar-refractivity contribution in [2.45, 2.75) is 12.5 Å². The van der Waals surface area contributed by atoms with Crippen LogP contribution in [0.2, 0.25) is 0 Å². The third-order valence-corrected chi connectivity index (χ3v) is 2.46. The summed E-state index contributed by atoms with van der Waals surface area (Å²) in [4.78, 5) is 22.9. The third kappa shape index (κ3) is 3.69. The number of anilines is 1. The number of rotatable bonds is 5. The van der Waals surface area contributed by atoms with E-state index >= 15 is 0 Å². The van der Waals surface area contributed by atoms with Gasteiger partial charge in [-0.3, -0.25) is 14.9 Å². The highest BCUT2D eigenvalue weighted by Gasteiger charge is 2.16. The molecule has 0 saturated carbocycles. The number of aliphatic hydroxyl groups excluding tert-OH is 1. The Morgan fingerprint density at radius 2 is 2.15 bits per heavy atom. The summed E-state index contributed by atoms with van der Waals surface area (Å²) < 4.78 is 9.52. The van der Waals surface area contributed by atoms with Gasteiger partial charge in [-0.2, -0.15) is 0 Å². The highest BCUT2D eigenvalue weighted by molar-refractivity contribution is 6.39. The molecule has 0 aliphatic carbocycles. The maximum absolute atomic E-state index is 11.5. The molecule has 0 aliphatic rings. The van der Waals surface area contributed by atoms with Crippen molar-refractivity contribution in [3.8, 4) is 0 Å². The van der Waals surface area contributed by atoms with E-state index in [0.29, 0.717) is 5.76 Å². The zero-order valence-corrected chi connectivity index (χ0v) is 10.4. The number of furan rings is 1. The normalized spacial score (nSPS) is 11.8. The van der Waals surface area contributed by atoms with Crippen molar-refractivity contribution in [3.63, 3.8) is 0 Å². The van der Waals surface area contributed by atoms with E-state index in [1.165, 1.54) is 18.6 Å². The van der Waals surface area contributed by atoms with Crippen LogP contribution in [0.5, 0.6) is 0 Å². The smallest absolute Gasteiger partial charge is 0.314 e. The lowest BCUT2D eigenvalue weighted by atomic mass is 10.2. The Morgan fingerprint density at radius 3 is 2.80 bits per heavy atom. The quantitative estimate of drug-likeness (QED) is 0.684. The molecule has 2 heterocycles. The first kappa shape index (κ1) is 13.8. The number of aromatic nitrogens is 1. The summed E-state index contributed by atoms with van der Waals surface area (Å²) in [5.74, 6) is -1.11. The molecule has 20 heavy (non-hydrogen) atoms. The van der Waals surface area contributed by atoms with Gasteiger partial charge in [-0.15, -0.1) is 0 Å². The Kier molecular flexibility index (Phi) is 4.51. The summed E-state index contributed by atoms with van der Waals surface area (Å²) in [6, 6.07) is 4.69. The Morgan fingerprint density at radius 1 is 1.30 bits per heavy atom. The maximum Gasteiger partial charge on any atom is 0.314 e. The van der Waals surface area contributed by atoms with Gasteiger partial charge in [0.25, 0.3) is 0 Å². The largest absolute Gasteiger partial charge is 0.467 e. The summed E-state index contributed by atoms with van der Waals surface area (Å²) in [6.07, 6.45) is 2.12. The van der Waals surface area contributed by atoms with Crippen LogP contribution < -0.4 is 10.6 Å². The van der Waals surface area contributed by atoms with Gasteiger partial charge in [0, 0.05) is 12.6 Å². The van der Waals surface area contributed by atoms with Gasteiger partial charge in [0.15, 0.2) is 5.82 Å². The van der Waals surface area contributed by atoms with Gasteiger partial charge < -0.3 is 19.4 Å². The number of hydrogen-bond donors (Lipinski definition) is 3. The fourth-order valence-electron chi connectivity index (χ4n) is 1.48. The lowest BCUT2D eigenvalue weighted by Crippen LogP contribution is -2.36. The highest BCUT2D eigenvalue weighted by atomic mass is 16.5. The lowest BCUT2D eigenvalue weighted by molar-refractivity contribution is -0.136. The Bertz CT molecular complexity index is 550. The van der Waals surface area contributed by atoms with E-state index < -0.39 is 17.9 Å². The summed E-state index contributed by atoms with van der Waals surface area (Å²) in [7, 11) is 0. The second-order valence-electron chi connectivity index (χ2n) is 3.91. The Labute approximate surface area is 113 Å². The van der Waals surface area contributed by atoms with Gasteiger partial charge >= 0.3 is 11.8 Å². The van der Waals surface area contributed by atoms with Crippen LogP contribution in [0.1, 0.15) is 18.3 Å². The molecule has 0 radical (unpaired) electrons. The fourth-order valence-corrected chi connectivity index (χ4v) is 1.48. The molecule has 2 amide bonds. The summed E-state index contributed by atoms with van der Waals surface area (Å²) in [5.41, 5.74) is 0. The maximum atomic E-state index is 11.5. The second-order valence-corrected chi connectivity index (χ2v) is 3.91. The molecule has 0 fully saturated rings. The number of hydrogen-bond acceptors (Lipinski definition) is 6. The van der Waals surface area contributed by atoms with Crippen LogP contribution in [-0.4, -0.2) is 28.6 Å². The van der Waals surface area contributed by atoms with E-state index in [1.807, 2.05) is 0 Å². The molecule has 8 nitrogen and oxygen atoms in total. The highest BCUT2D eigenvalue weighted by Crippen LogP contribution is 2.15. The molecule has 8 heteroatoms. The van der Waals surface area contributed by atoms with Crippen LogP contribution in [0.3, 0.4) is 0 Å². The molecule has 0 aliphatic heterocycles. The van der Waals surface area contributed by atoms with E-state index in [4.69, 9.17) is 4.42 Å². The number of nitrogens with one attached hydrogen (secondary N) is 2. The van der Waals surface area contributed by atoms with Crippen LogP contribution in [0, 0.1) is 0 Å². The average Bonchev–Trinajstić information content (AvgIpc) is 3.11. The van der Waals surface area contributed by atoms with Crippen LogP contribution >= 0.6 is 0 Å². The van der Waals surface area contributed by atoms with Crippen LogP contribution in [0.25, 0.3) is 0 Å². The first-order valence-corrected chi connectivity index (χ1v) is 5.88. The van der Waals surface area contributed by atoms with Gasteiger partial charge in [-0.25, -0.2) is 0 Å². The molecule has 0 saturated heterocycles. The minimum atomic E-state index is -0.855. The number of aliphatic hydroxyl groups is 1. The van der Waals surface area contributed by atoms with Crippen molar-refractivity contribution >= 4 is 17.6 Å². The second kappa shape index (κ2) is 6.53. The van der Waals surface area contributed by atoms with Crippen molar-refractivity contribution in [1.29, 1.82) is 0 Å². The van der Waals surface area contributed by atoms with E-state index in [0.717, 1.165) is 0 Å².